The molecule has 1 aromatic rings. The van der Waals surface area contributed by atoms with Crippen molar-refractivity contribution in [3.63, 3.8) is 0 Å². The number of anilines is 1. The van der Waals surface area contributed by atoms with Crippen LogP contribution in [0, 0.1) is 28.8 Å². The van der Waals surface area contributed by atoms with Crippen LogP contribution in [0.5, 0.6) is 0 Å². The predicted octanol–water partition coefficient (Wildman–Crippen LogP) is 2.45. The van der Waals surface area contributed by atoms with Gasteiger partial charge in [-0.25, -0.2) is 13.2 Å². The molecule has 1 amide bonds. The summed E-state index contributed by atoms with van der Waals surface area (Å²) in [7, 11) is 0. The maximum Gasteiger partial charge on any atom is 0.263 e. The van der Waals surface area contributed by atoms with Gasteiger partial charge in [0.05, 0.1) is 5.69 Å². The summed E-state index contributed by atoms with van der Waals surface area (Å²) < 4.78 is 39.0. The van der Waals surface area contributed by atoms with Crippen molar-refractivity contribution < 1.29 is 18.0 Å². The number of benzene rings is 1. The SMILES string of the molecule is CCCNC(=O)/C(C#N)=C\Nc1ccc(F)c(F)c1F. The Hall–Kier alpha value is -2.49. The van der Waals surface area contributed by atoms with Gasteiger partial charge >= 0.3 is 0 Å². The van der Waals surface area contributed by atoms with Gasteiger partial charge < -0.3 is 10.6 Å². The average molecular weight is 283 g/mol. The zero-order valence-electron chi connectivity index (χ0n) is 10.6. The highest BCUT2D eigenvalue weighted by molar-refractivity contribution is 5.97. The molecule has 4 nitrogen and oxygen atoms in total. The molecule has 20 heavy (non-hydrogen) atoms. The number of nitrogens with zero attached hydrogens (tertiary/aromatic N) is 1. The third kappa shape index (κ3) is 3.75. The third-order valence-corrected chi connectivity index (χ3v) is 2.31. The maximum absolute atomic E-state index is 13.3. The fraction of sp³-hybridized carbons (Fsp3) is 0.231. The molecule has 106 valence electrons. The van der Waals surface area contributed by atoms with Crippen molar-refractivity contribution in [2.75, 3.05) is 11.9 Å². The van der Waals surface area contributed by atoms with Crippen molar-refractivity contribution in [1.82, 2.24) is 5.32 Å². The minimum Gasteiger partial charge on any atom is -0.358 e. The van der Waals surface area contributed by atoms with E-state index >= 15 is 0 Å². The van der Waals surface area contributed by atoms with E-state index in [0.717, 1.165) is 18.3 Å². The van der Waals surface area contributed by atoms with E-state index in [2.05, 4.69) is 10.6 Å². The fourth-order valence-corrected chi connectivity index (χ4v) is 1.27. The standard InChI is InChI=1S/C13H12F3N3O/c1-2-5-18-13(20)8(6-17)7-19-10-4-3-9(14)11(15)12(10)16/h3-4,7,19H,2,5H2,1H3,(H,18,20)/b8-7-. The first-order valence-corrected chi connectivity index (χ1v) is 5.79. The predicted molar refractivity (Wildman–Crippen MR) is 66.9 cm³/mol. The van der Waals surface area contributed by atoms with Crippen LogP contribution in [0.25, 0.3) is 0 Å². The summed E-state index contributed by atoms with van der Waals surface area (Å²) >= 11 is 0. The second-order valence-electron chi connectivity index (χ2n) is 3.79. The fourth-order valence-electron chi connectivity index (χ4n) is 1.27. The van der Waals surface area contributed by atoms with Crippen molar-refractivity contribution in [1.29, 1.82) is 5.26 Å². The van der Waals surface area contributed by atoms with Gasteiger partial charge in [-0.15, -0.1) is 0 Å². The van der Waals surface area contributed by atoms with E-state index in [9.17, 15) is 18.0 Å². The molecule has 0 heterocycles. The Bertz CT molecular complexity index is 579. The number of nitrogens with one attached hydrogen (secondary N) is 2. The van der Waals surface area contributed by atoms with Crippen LogP contribution >= 0.6 is 0 Å². The van der Waals surface area contributed by atoms with Gasteiger partial charge in [0.25, 0.3) is 5.91 Å². The molecule has 0 bridgehead atoms. The maximum atomic E-state index is 13.3. The lowest BCUT2D eigenvalue weighted by molar-refractivity contribution is -0.117. The largest absolute Gasteiger partial charge is 0.358 e. The van der Waals surface area contributed by atoms with Crippen molar-refractivity contribution in [2.45, 2.75) is 13.3 Å². The molecule has 2 N–H and O–H groups in total. The average Bonchev–Trinajstić information content (AvgIpc) is 2.45. The van der Waals surface area contributed by atoms with Gasteiger partial charge in [0.15, 0.2) is 17.5 Å². The quantitative estimate of drug-likeness (QED) is 0.495. The second-order valence-corrected chi connectivity index (χ2v) is 3.79. The van der Waals surface area contributed by atoms with Crippen LogP contribution in [0.1, 0.15) is 13.3 Å². The van der Waals surface area contributed by atoms with Crippen LogP contribution in [-0.4, -0.2) is 12.5 Å². The van der Waals surface area contributed by atoms with E-state index in [-0.39, 0.29) is 11.3 Å². The van der Waals surface area contributed by atoms with Crippen molar-refractivity contribution in [2.24, 2.45) is 0 Å². The Morgan fingerprint density at radius 3 is 2.65 bits per heavy atom. The number of nitriles is 1. The van der Waals surface area contributed by atoms with Crippen LogP contribution in [0.15, 0.2) is 23.9 Å². The molecule has 1 aromatic carbocycles. The van der Waals surface area contributed by atoms with Gasteiger partial charge in [-0.1, -0.05) is 6.92 Å². The lowest BCUT2D eigenvalue weighted by atomic mass is 10.2. The summed E-state index contributed by atoms with van der Waals surface area (Å²) in [6.07, 6.45) is 1.62. The first kappa shape index (κ1) is 15.6. The first-order valence-electron chi connectivity index (χ1n) is 5.79. The number of carbonyl (C=O) groups is 1. The van der Waals surface area contributed by atoms with E-state index in [0.29, 0.717) is 13.0 Å². The normalized spacial score (nSPS) is 10.8. The Balaban J connectivity index is 2.87. The first-order chi connectivity index (χ1) is 9.51. The number of amides is 1. The highest BCUT2D eigenvalue weighted by Crippen LogP contribution is 2.19. The van der Waals surface area contributed by atoms with Crippen LogP contribution in [0.4, 0.5) is 18.9 Å². The molecule has 0 saturated carbocycles. The molecule has 0 aliphatic heterocycles. The van der Waals surface area contributed by atoms with Crippen molar-refractivity contribution >= 4 is 11.6 Å². The van der Waals surface area contributed by atoms with Crippen LogP contribution in [0.3, 0.4) is 0 Å². The van der Waals surface area contributed by atoms with Crippen LogP contribution in [-0.2, 0) is 4.79 Å². The van der Waals surface area contributed by atoms with Gasteiger partial charge in [0, 0.05) is 12.7 Å². The Labute approximate surface area is 113 Å². The molecular formula is C13H12F3N3O. The molecule has 1 rings (SSSR count). The molecule has 0 fully saturated rings. The van der Waals surface area contributed by atoms with Gasteiger partial charge in [0.2, 0.25) is 0 Å². The van der Waals surface area contributed by atoms with Crippen LogP contribution < -0.4 is 10.6 Å². The Morgan fingerprint density at radius 2 is 2.05 bits per heavy atom. The summed E-state index contributed by atoms with van der Waals surface area (Å²) in [6, 6.07) is 3.32. The van der Waals surface area contributed by atoms with Gasteiger partial charge in [0.1, 0.15) is 11.6 Å². The summed E-state index contributed by atoms with van der Waals surface area (Å²) in [5.74, 6) is -5.01. The molecule has 0 aliphatic carbocycles. The Morgan fingerprint density at radius 1 is 1.35 bits per heavy atom. The monoisotopic (exact) mass is 283 g/mol. The third-order valence-electron chi connectivity index (χ3n) is 2.31. The van der Waals surface area contributed by atoms with Gasteiger partial charge in [-0.05, 0) is 18.6 Å². The van der Waals surface area contributed by atoms with E-state index < -0.39 is 23.4 Å². The topological polar surface area (TPSA) is 64.9 Å². The zero-order valence-corrected chi connectivity index (χ0v) is 10.6. The second kappa shape index (κ2) is 7.19. The number of rotatable bonds is 5. The summed E-state index contributed by atoms with van der Waals surface area (Å²) in [6.45, 7) is 2.22. The molecule has 0 aromatic heterocycles. The molecular weight excluding hydrogens is 271 g/mol. The molecule has 0 spiro atoms. The van der Waals surface area contributed by atoms with Gasteiger partial charge in [-0.3, -0.25) is 4.79 Å². The van der Waals surface area contributed by atoms with Crippen molar-refractivity contribution in [3.05, 3.63) is 41.4 Å². The van der Waals surface area contributed by atoms with Gasteiger partial charge in [-0.2, -0.15) is 5.26 Å². The molecule has 0 unspecified atom stereocenters. The summed E-state index contributed by atoms with van der Waals surface area (Å²) in [5, 5.41) is 13.5. The number of hydrogen-bond donors (Lipinski definition) is 2. The molecule has 7 heteroatoms. The smallest absolute Gasteiger partial charge is 0.263 e. The van der Waals surface area contributed by atoms with E-state index in [1.807, 2.05) is 6.92 Å². The number of halogens is 3. The summed E-state index contributed by atoms with van der Waals surface area (Å²) in [5.41, 5.74) is -0.678. The lowest BCUT2D eigenvalue weighted by Crippen LogP contribution is -2.25. The summed E-state index contributed by atoms with van der Waals surface area (Å²) in [4.78, 5) is 11.5. The Kier molecular flexibility index (Phi) is 5.59. The van der Waals surface area contributed by atoms with Crippen LogP contribution in [0.2, 0.25) is 0 Å². The highest BCUT2D eigenvalue weighted by Gasteiger charge is 2.13. The minimum absolute atomic E-state index is 0.303. The van der Waals surface area contributed by atoms with E-state index in [1.54, 1.807) is 6.07 Å². The van der Waals surface area contributed by atoms with E-state index in [4.69, 9.17) is 5.26 Å². The zero-order chi connectivity index (χ0) is 15.1. The van der Waals surface area contributed by atoms with E-state index in [1.165, 1.54) is 0 Å². The molecule has 0 atom stereocenters. The molecule has 0 saturated heterocycles. The number of carbonyl (C=O) groups excluding carboxylic acids is 1. The number of hydrogen-bond acceptors (Lipinski definition) is 3. The van der Waals surface area contributed by atoms with Crippen molar-refractivity contribution in [3.8, 4) is 6.07 Å². The lowest BCUT2D eigenvalue weighted by Gasteiger charge is -2.05. The molecule has 0 aliphatic rings. The minimum atomic E-state index is -1.63. The molecule has 0 radical (unpaired) electrons. The highest BCUT2D eigenvalue weighted by atomic mass is 19.2.